The number of ether oxygens (including phenoxy) is 1. The lowest BCUT2D eigenvalue weighted by Gasteiger charge is -2.04. The molecule has 0 N–H and O–H groups in total. The predicted molar refractivity (Wildman–Crippen MR) is 137 cm³/mol. The Morgan fingerprint density at radius 2 is 0.633 bits per heavy atom. The van der Waals surface area contributed by atoms with Gasteiger partial charge in [-0.15, -0.1) is 0 Å². The van der Waals surface area contributed by atoms with E-state index in [1.807, 2.05) is 0 Å². The molecule has 0 bridgehead atoms. The molecule has 1 nitrogen and oxygen atoms in total. The minimum atomic E-state index is 0.943. The van der Waals surface area contributed by atoms with Crippen molar-refractivity contribution in [2.45, 2.75) is 167 Å². The van der Waals surface area contributed by atoms with Crippen molar-refractivity contribution in [3.05, 3.63) is 6.92 Å². The van der Waals surface area contributed by atoms with Crippen molar-refractivity contribution in [3.63, 3.8) is 0 Å². The SMILES string of the molecule is [CH2]CCCCCCCCCCCCCCCCCCCCCCCCCOCCC. The maximum absolute atomic E-state index is 5.53. The van der Waals surface area contributed by atoms with Gasteiger partial charge in [-0.2, -0.15) is 0 Å². The molecule has 0 atom stereocenters. The summed E-state index contributed by atoms with van der Waals surface area (Å²) in [5.74, 6) is 0. The van der Waals surface area contributed by atoms with Gasteiger partial charge in [-0.25, -0.2) is 0 Å². The van der Waals surface area contributed by atoms with E-state index in [1.54, 1.807) is 0 Å². The van der Waals surface area contributed by atoms with Crippen molar-refractivity contribution in [1.29, 1.82) is 0 Å². The van der Waals surface area contributed by atoms with Gasteiger partial charge in [0.15, 0.2) is 0 Å². The standard InChI is InChI=1S/C29H59O/c1-3-5-6-7-8-9-10-11-12-13-14-15-16-17-18-19-20-21-22-23-24-25-26-27-29-30-28-4-2/h1,3-29H2,2H3. The Morgan fingerprint density at radius 1 is 0.367 bits per heavy atom. The zero-order chi connectivity index (χ0) is 21.8. The van der Waals surface area contributed by atoms with Crippen molar-refractivity contribution in [2.24, 2.45) is 0 Å². The van der Waals surface area contributed by atoms with Crippen LogP contribution < -0.4 is 0 Å². The molecule has 0 fully saturated rings. The summed E-state index contributed by atoms with van der Waals surface area (Å²) in [6.45, 7) is 8.01. The van der Waals surface area contributed by atoms with E-state index < -0.39 is 0 Å². The highest BCUT2D eigenvalue weighted by atomic mass is 16.5. The Bertz CT molecular complexity index is 248. The van der Waals surface area contributed by atoms with Gasteiger partial charge in [0.2, 0.25) is 0 Å². The Balaban J connectivity index is 2.97. The third-order valence-corrected chi connectivity index (χ3v) is 6.39. The summed E-state index contributed by atoms with van der Waals surface area (Å²) in [5, 5.41) is 0. The van der Waals surface area contributed by atoms with Gasteiger partial charge in [-0.05, 0) is 12.8 Å². The first-order chi connectivity index (χ1) is 14.9. The number of unbranched alkanes of at least 4 members (excludes halogenated alkanes) is 23. The maximum Gasteiger partial charge on any atom is 0.0466 e. The second kappa shape index (κ2) is 29.0. The molecule has 0 aromatic heterocycles. The molecule has 1 heteroatoms. The highest BCUT2D eigenvalue weighted by Crippen LogP contribution is 2.15. The normalized spacial score (nSPS) is 11.4. The van der Waals surface area contributed by atoms with Gasteiger partial charge in [0.25, 0.3) is 0 Å². The van der Waals surface area contributed by atoms with E-state index >= 15 is 0 Å². The fourth-order valence-corrected chi connectivity index (χ4v) is 4.34. The first kappa shape index (κ1) is 30.0. The lowest BCUT2D eigenvalue weighted by Crippen LogP contribution is -1.95. The smallest absolute Gasteiger partial charge is 0.0466 e. The van der Waals surface area contributed by atoms with Crippen LogP contribution in [0, 0.1) is 6.92 Å². The monoisotopic (exact) mass is 423 g/mol. The first-order valence-corrected chi connectivity index (χ1v) is 14.3. The molecule has 0 unspecified atom stereocenters. The molecule has 1 radical (unpaired) electrons. The van der Waals surface area contributed by atoms with Gasteiger partial charge in [0, 0.05) is 13.2 Å². The van der Waals surface area contributed by atoms with Gasteiger partial charge in [-0.1, -0.05) is 162 Å². The van der Waals surface area contributed by atoms with Crippen LogP contribution in [0.1, 0.15) is 167 Å². The van der Waals surface area contributed by atoms with Crippen LogP contribution in [0.15, 0.2) is 0 Å². The van der Waals surface area contributed by atoms with Crippen molar-refractivity contribution >= 4 is 0 Å². The summed E-state index contributed by atoms with van der Waals surface area (Å²) in [4.78, 5) is 0. The van der Waals surface area contributed by atoms with E-state index in [9.17, 15) is 0 Å². The van der Waals surface area contributed by atoms with Crippen molar-refractivity contribution in [1.82, 2.24) is 0 Å². The zero-order valence-electron chi connectivity index (χ0n) is 21.2. The highest BCUT2D eigenvalue weighted by molar-refractivity contribution is 4.52. The van der Waals surface area contributed by atoms with Crippen LogP contribution in [0.4, 0.5) is 0 Å². The average Bonchev–Trinajstić information content (AvgIpc) is 2.76. The lowest BCUT2D eigenvalue weighted by molar-refractivity contribution is 0.130. The first-order valence-electron chi connectivity index (χ1n) is 14.3. The summed E-state index contributed by atoms with van der Waals surface area (Å²) in [7, 11) is 0. The van der Waals surface area contributed by atoms with Gasteiger partial charge >= 0.3 is 0 Å². The molecule has 30 heavy (non-hydrogen) atoms. The van der Waals surface area contributed by atoms with Crippen molar-refractivity contribution in [3.8, 4) is 0 Å². The summed E-state index contributed by atoms with van der Waals surface area (Å²) in [5.41, 5.74) is 0. The fourth-order valence-electron chi connectivity index (χ4n) is 4.34. The number of hydrogen-bond donors (Lipinski definition) is 0. The predicted octanol–water partition coefficient (Wildman–Crippen LogP) is 10.6. The molecule has 0 aliphatic rings. The van der Waals surface area contributed by atoms with Crippen LogP contribution in [-0.4, -0.2) is 13.2 Å². The Labute approximate surface area is 192 Å². The molecule has 0 spiro atoms. The number of rotatable bonds is 27. The second-order valence-electron chi connectivity index (χ2n) is 9.60. The van der Waals surface area contributed by atoms with E-state index in [1.165, 1.54) is 148 Å². The minimum absolute atomic E-state index is 0.943. The van der Waals surface area contributed by atoms with E-state index in [0.717, 1.165) is 26.1 Å². The van der Waals surface area contributed by atoms with E-state index in [0.29, 0.717) is 0 Å². The van der Waals surface area contributed by atoms with E-state index in [2.05, 4.69) is 13.8 Å². The van der Waals surface area contributed by atoms with Gasteiger partial charge in [0.1, 0.15) is 0 Å². The maximum atomic E-state index is 5.53. The quantitative estimate of drug-likeness (QED) is 0.119. The van der Waals surface area contributed by atoms with Crippen LogP contribution >= 0.6 is 0 Å². The molecular weight excluding hydrogens is 364 g/mol. The van der Waals surface area contributed by atoms with Crippen LogP contribution in [0.5, 0.6) is 0 Å². The third-order valence-electron chi connectivity index (χ3n) is 6.39. The molecule has 181 valence electrons. The lowest BCUT2D eigenvalue weighted by atomic mass is 10.0. The van der Waals surface area contributed by atoms with Gasteiger partial charge < -0.3 is 4.74 Å². The molecule has 0 saturated heterocycles. The van der Waals surface area contributed by atoms with Crippen molar-refractivity contribution in [2.75, 3.05) is 13.2 Å². The number of hydrogen-bond acceptors (Lipinski definition) is 1. The fraction of sp³-hybridized carbons (Fsp3) is 0.966. The van der Waals surface area contributed by atoms with Gasteiger partial charge in [0.05, 0.1) is 0 Å². The Hall–Kier alpha value is -0.0400. The largest absolute Gasteiger partial charge is 0.381 e. The molecule has 0 amide bonds. The zero-order valence-corrected chi connectivity index (χ0v) is 21.2. The van der Waals surface area contributed by atoms with Crippen LogP contribution in [0.25, 0.3) is 0 Å². The molecule has 0 heterocycles. The topological polar surface area (TPSA) is 9.23 Å². The highest BCUT2D eigenvalue weighted by Gasteiger charge is 1.96. The summed E-state index contributed by atoms with van der Waals surface area (Å²) < 4.78 is 5.53. The van der Waals surface area contributed by atoms with Crippen LogP contribution in [-0.2, 0) is 4.74 Å². The summed E-state index contributed by atoms with van der Waals surface area (Å²) >= 11 is 0. The summed E-state index contributed by atoms with van der Waals surface area (Å²) in [6, 6.07) is 0. The van der Waals surface area contributed by atoms with Gasteiger partial charge in [-0.3, -0.25) is 0 Å². The molecule has 0 aromatic rings. The molecule has 0 aliphatic carbocycles. The summed E-state index contributed by atoms with van der Waals surface area (Å²) in [6.07, 6.45) is 35.5. The van der Waals surface area contributed by atoms with Crippen LogP contribution in [0.2, 0.25) is 0 Å². The third kappa shape index (κ3) is 28.0. The van der Waals surface area contributed by atoms with Crippen molar-refractivity contribution < 1.29 is 4.74 Å². The molecule has 0 rings (SSSR count). The molecule has 0 aromatic carbocycles. The Morgan fingerprint density at radius 3 is 0.900 bits per heavy atom. The molecular formula is C29H59O. The molecule has 0 saturated carbocycles. The van der Waals surface area contributed by atoms with E-state index in [-0.39, 0.29) is 0 Å². The van der Waals surface area contributed by atoms with E-state index in [4.69, 9.17) is 4.74 Å². The van der Waals surface area contributed by atoms with Crippen LogP contribution in [0.3, 0.4) is 0 Å². The second-order valence-corrected chi connectivity index (χ2v) is 9.60. The molecule has 0 aliphatic heterocycles. The minimum Gasteiger partial charge on any atom is -0.381 e. The Kier molecular flexibility index (Phi) is 28.9. The average molecular weight is 424 g/mol.